The van der Waals surface area contributed by atoms with Crippen molar-refractivity contribution in [3.8, 4) is 22.9 Å². The quantitative estimate of drug-likeness (QED) is 0.469. The van der Waals surface area contributed by atoms with Gasteiger partial charge in [-0.1, -0.05) is 30.4 Å². The van der Waals surface area contributed by atoms with Crippen LogP contribution < -0.4 is 19.6 Å². The van der Waals surface area contributed by atoms with Crippen LogP contribution in [0.5, 0.6) is 11.5 Å². The minimum absolute atomic E-state index is 0.166. The van der Waals surface area contributed by atoms with Crippen LogP contribution in [0.3, 0.4) is 0 Å². The molecule has 0 amide bonds. The van der Waals surface area contributed by atoms with Gasteiger partial charge in [-0.3, -0.25) is 4.79 Å². The molecule has 29 heavy (non-hydrogen) atoms. The zero-order valence-corrected chi connectivity index (χ0v) is 17.1. The summed E-state index contributed by atoms with van der Waals surface area (Å²) >= 11 is 1.33. The topological polar surface area (TPSA) is 65.7 Å². The van der Waals surface area contributed by atoms with Gasteiger partial charge in [0.25, 0.3) is 5.56 Å². The number of benzene rings is 2. The van der Waals surface area contributed by atoms with Crippen molar-refractivity contribution < 1.29 is 9.47 Å². The molecule has 0 atom stereocenters. The number of ether oxygens (including phenoxy) is 2. The molecule has 7 heteroatoms. The van der Waals surface area contributed by atoms with Crippen LogP contribution in [0, 0.1) is 0 Å². The maximum atomic E-state index is 12.7. The van der Waals surface area contributed by atoms with Crippen LogP contribution in [0.2, 0.25) is 0 Å². The maximum absolute atomic E-state index is 12.7. The van der Waals surface area contributed by atoms with Crippen LogP contribution in [0.15, 0.2) is 53.3 Å². The standard InChI is InChI=1S/C22H21N3O3S/c1-3-13-28-18-9-5-15(6-10-18)14-19-21(26)25-22(29-19)23-20(24-25)16-7-11-17(12-8-16)27-4-2/h5-12,14H,3-4,13H2,1-2H3. The molecule has 4 rings (SSSR count). The van der Waals surface area contributed by atoms with E-state index in [0.717, 1.165) is 29.0 Å². The van der Waals surface area contributed by atoms with Crippen molar-refractivity contribution in [3.63, 3.8) is 0 Å². The Kier molecular flexibility index (Phi) is 5.57. The fourth-order valence-electron chi connectivity index (χ4n) is 2.85. The fraction of sp³-hybridized carbons (Fsp3) is 0.227. The third-order valence-electron chi connectivity index (χ3n) is 4.26. The molecule has 2 aromatic heterocycles. The van der Waals surface area contributed by atoms with Crippen LogP contribution in [0.25, 0.3) is 22.4 Å². The maximum Gasteiger partial charge on any atom is 0.291 e. The molecule has 2 aromatic carbocycles. The van der Waals surface area contributed by atoms with Crippen molar-refractivity contribution in [2.45, 2.75) is 20.3 Å². The van der Waals surface area contributed by atoms with Crippen molar-refractivity contribution >= 4 is 22.4 Å². The Hall–Kier alpha value is -3.19. The van der Waals surface area contributed by atoms with Crippen LogP contribution in [-0.2, 0) is 0 Å². The highest BCUT2D eigenvalue weighted by atomic mass is 32.1. The molecule has 148 valence electrons. The van der Waals surface area contributed by atoms with Gasteiger partial charge in [0.15, 0.2) is 5.82 Å². The molecule has 0 aliphatic rings. The Morgan fingerprint density at radius 3 is 2.34 bits per heavy atom. The summed E-state index contributed by atoms with van der Waals surface area (Å²) in [4.78, 5) is 17.8. The summed E-state index contributed by atoms with van der Waals surface area (Å²) in [5, 5.41) is 4.39. The number of rotatable bonds is 7. The highest BCUT2D eigenvalue weighted by molar-refractivity contribution is 7.15. The van der Waals surface area contributed by atoms with Gasteiger partial charge in [0.1, 0.15) is 11.5 Å². The third-order valence-corrected chi connectivity index (χ3v) is 5.22. The third kappa shape index (κ3) is 4.14. The van der Waals surface area contributed by atoms with Gasteiger partial charge >= 0.3 is 0 Å². The molecule has 0 radical (unpaired) electrons. The van der Waals surface area contributed by atoms with Crippen LogP contribution in [-0.4, -0.2) is 27.8 Å². The average molecular weight is 407 g/mol. The van der Waals surface area contributed by atoms with Gasteiger partial charge in [0.05, 0.1) is 17.7 Å². The normalized spacial score (nSPS) is 11.9. The first-order valence-corrected chi connectivity index (χ1v) is 10.4. The van der Waals surface area contributed by atoms with Crippen LogP contribution in [0.4, 0.5) is 0 Å². The predicted molar refractivity (Wildman–Crippen MR) is 115 cm³/mol. The highest BCUT2D eigenvalue weighted by Gasteiger charge is 2.12. The minimum atomic E-state index is -0.166. The lowest BCUT2D eigenvalue weighted by molar-refractivity contribution is 0.317. The van der Waals surface area contributed by atoms with Gasteiger partial charge in [-0.25, -0.2) is 0 Å². The lowest BCUT2D eigenvalue weighted by Gasteiger charge is -2.03. The monoisotopic (exact) mass is 407 g/mol. The van der Waals surface area contributed by atoms with Gasteiger partial charge in [0.2, 0.25) is 4.96 Å². The molecule has 0 aliphatic carbocycles. The Bertz CT molecular complexity index is 1210. The molecule has 0 aliphatic heterocycles. The Labute approximate surface area is 172 Å². The number of hydrogen-bond acceptors (Lipinski definition) is 6. The highest BCUT2D eigenvalue weighted by Crippen LogP contribution is 2.20. The number of thiazole rings is 1. The smallest absolute Gasteiger partial charge is 0.291 e. The molecular formula is C22H21N3O3S. The summed E-state index contributed by atoms with van der Waals surface area (Å²) in [5.74, 6) is 2.15. The van der Waals surface area contributed by atoms with Gasteiger partial charge in [-0.2, -0.15) is 9.50 Å². The van der Waals surface area contributed by atoms with Crippen molar-refractivity contribution in [3.05, 3.63) is 69.0 Å². The molecule has 0 fully saturated rings. The second-order valence-electron chi connectivity index (χ2n) is 6.42. The Morgan fingerprint density at radius 1 is 1.00 bits per heavy atom. The van der Waals surface area contributed by atoms with Gasteiger partial charge in [-0.05, 0) is 61.4 Å². The fourth-order valence-corrected chi connectivity index (χ4v) is 3.76. The Morgan fingerprint density at radius 2 is 1.69 bits per heavy atom. The van der Waals surface area contributed by atoms with E-state index in [1.165, 1.54) is 15.9 Å². The lowest BCUT2D eigenvalue weighted by atomic mass is 10.2. The summed E-state index contributed by atoms with van der Waals surface area (Å²) in [6.07, 6.45) is 2.82. The first-order chi connectivity index (χ1) is 14.2. The number of hydrogen-bond donors (Lipinski definition) is 0. The van der Waals surface area contributed by atoms with E-state index in [4.69, 9.17) is 9.47 Å². The van der Waals surface area contributed by atoms with E-state index in [-0.39, 0.29) is 5.56 Å². The van der Waals surface area contributed by atoms with Crippen LogP contribution in [0.1, 0.15) is 25.8 Å². The van der Waals surface area contributed by atoms with E-state index in [0.29, 0.717) is 28.5 Å². The van der Waals surface area contributed by atoms with E-state index >= 15 is 0 Å². The summed E-state index contributed by atoms with van der Waals surface area (Å²) in [7, 11) is 0. The zero-order chi connectivity index (χ0) is 20.2. The largest absolute Gasteiger partial charge is 0.494 e. The predicted octanol–water partition coefficient (Wildman–Crippen LogP) is 3.55. The first kappa shape index (κ1) is 19.1. The second-order valence-corrected chi connectivity index (χ2v) is 7.43. The summed E-state index contributed by atoms with van der Waals surface area (Å²) in [5.41, 5.74) is 1.61. The van der Waals surface area contributed by atoms with Crippen molar-refractivity contribution in [1.29, 1.82) is 0 Å². The Balaban J connectivity index is 1.61. The SMILES string of the molecule is CCCOc1ccc(C=c2sc3nc(-c4ccc(OCC)cc4)nn3c2=O)cc1. The molecule has 0 N–H and O–H groups in total. The molecular weight excluding hydrogens is 386 g/mol. The van der Waals surface area contributed by atoms with E-state index < -0.39 is 0 Å². The number of aromatic nitrogens is 3. The molecule has 4 aromatic rings. The second kappa shape index (κ2) is 8.45. The first-order valence-electron chi connectivity index (χ1n) is 9.55. The average Bonchev–Trinajstić information content (AvgIpc) is 3.28. The van der Waals surface area contributed by atoms with Gasteiger partial charge in [0, 0.05) is 5.56 Å². The van der Waals surface area contributed by atoms with Crippen molar-refractivity contribution in [2.24, 2.45) is 0 Å². The van der Waals surface area contributed by atoms with Gasteiger partial charge < -0.3 is 9.47 Å². The van der Waals surface area contributed by atoms with Crippen LogP contribution >= 0.6 is 11.3 Å². The van der Waals surface area contributed by atoms with Crippen molar-refractivity contribution in [2.75, 3.05) is 13.2 Å². The minimum Gasteiger partial charge on any atom is -0.494 e. The number of fused-ring (bicyclic) bond motifs is 1. The van der Waals surface area contributed by atoms with Gasteiger partial charge in [-0.15, -0.1) is 5.10 Å². The van der Waals surface area contributed by atoms with E-state index in [2.05, 4.69) is 17.0 Å². The van der Waals surface area contributed by atoms with E-state index in [1.807, 2.05) is 61.5 Å². The molecule has 6 nitrogen and oxygen atoms in total. The van der Waals surface area contributed by atoms with Crippen molar-refractivity contribution in [1.82, 2.24) is 14.6 Å². The summed E-state index contributed by atoms with van der Waals surface area (Å²) < 4.78 is 13.0. The van der Waals surface area contributed by atoms with E-state index in [9.17, 15) is 4.79 Å². The summed E-state index contributed by atoms with van der Waals surface area (Å²) in [6, 6.07) is 15.2. The zero-order valence-electron chi connectivity index (χ0n) is 16.3. The molecule has 0 bridgehead atoms. The number of nitrogens with zero attached hydrogens (tertiary/aromatic N) is 3. The molecule has 0 saturated carbocycles. The molecule has 0 spiro atoms. The lowest BCUT2D eigenvalue weighted by Crippen LogP contribution is -2.23. The summed E-state index contributed by atoms with van der Waals surface area (Å²) in [6.45, 7) is 5.32. The van der Waals surface area contributed by atoms with E-state index in [1.54, 1.807) is 0 Å². The molecule has 0 unspecified atom stereocenters. The molecule has 2 heterocycles. The molecule has 0 saturated heterocycles.